The Morgan fingerprint density at radius 3 is 2.46 bits per heavy atom. The van der Waals surface area contributed by atoms with Crippen molar-refractivity contribution in [3.05, 3.63) is 83.4 Å². The highest BCUT2D eigenvalue weighted by molar-refractivity contribution is 5.95. The molecule has 3 aromatic rings. The highest BCUT2D eigenvalue weighted by Crippen LogP contribution is 2.16. The average Bonchev–Trinajstić information content (AvgIpc) is 2.98. The van der Waals surface area contributed by atoms with E-state index in [1.807, 2.05) is 37.3 Å². The van der Waals surface area contributed by atoms with Gasteiger partial charge in [-0.3, -0.25) is 4.79 Å². The molecule has 0 atom stereocenters. The van der Waals surface area contributed by atoms with Gasteiger partial charge in [0, 0.05) is 13.6 Å². The van der Waals surface area contributed by atoms with Gasteiger partial charge in [-0.05, 0) is 36.8 Å². The molecule has 1 amide bonds. The molecule has 0 fully saturated rings. The summed E-state index contributed by atoms with van der Waals surface area (Å²) in [5, 5.41) is 4.33. The third kappa shape index (κ3) is 3.20. The molecule has 1 aromatic heterocycles. The van der Waals surface area contributed by atoms with Crippen LogP contribution in [0.25, 0.3) is 5.69 Å². The lowest BCUT2D eigenvalue weighted by molar-refractivity contribution is 0.0784. The number of benzene rings is 2. The van der Waals surface area contributed by atoms with Crippen molar-refractivity contribution in [2.24, 2.45) is 0 Å². The van der Waals surface area contributed by atoms with Gasteiger partial charge in [-0.2, -0.15) is 5.10 Å². The smallest absolute Gasteiger partial charge is 0.257 e. The lowest BCUT2D eigenvalue weighted by Crippen LogP contribution is -2.26. The second kappa shape index (κ2) is 6.66. The molecule has 0 bridgehead atoms. The molecule has 5 heteroatoms. The molecule has 0 unspecified atom stereocenters. The normalized spacial score (nSPS) is 10.6. The zero-order chi connectivity index (χ0) is 17.1. The van der Waals surface area contributed by atoms with Crippen molar-refractivity contribution in [1.82, 2.24) is 14.7 Å². The number of halogens is 1. The van der Waals surface area contributed by atoms with Gasteiger partial charge >= 0.3 is 0 Å². The zero-order valence-electron chi connectivity index (χ0n) is 13.6. The lowest BCUT2D eigenvalue weighted by Gasteiger charge is -2.17. The molecule has 1 heterocycles. The maximum atomic E-state index is 13.0. The first-order valence-corrected chi connectivity index (χ1v) is 7.66. The monoisotopic (exact) mass is 323 g/mol. The first-order valence-electron chi connectivity index (χ1n) is 7.66. The van der Waals surface area contributed by atoms with Crippen LogP contribution in [-0.2, 0) is 6.54 Å². The van der Waals surface area contributed by atoms with Crippen LogP contribution in [0.4, 0.5) is 4.39 Å². The van der Waals surface area contributed by atoms with Crippen LogP contribution in [0.1, 0.15) is 21.6 Å². The van der Waals surface area contributed by atoms with Crippen LogP contribution in [0.3, 0.4) is 0 Å². The van der Waals surface area contributed by atoms with Crippen LogP contribution in [0.15, 0.2) is 60.8 Å². The van der Waals surface area contributed by atoms with E-state index in [2.05, 4.69) is 5.10 Å². The fourth-order valence-electron chi connectivity index (χ4n) is 2.59. The molecule has 0 spiro atoms. The Kier molecular flexibility index (Phi) is 4.42. The van der Waals surface area contributed by atoms with Crippen molar-refractivity contribution in [2.75, 3.05) is 7.05 Å². The molecule has 0 radical (unpaired) electrons. The van der Waals surface area contributed by atoms with E-state index < -0.39 is 0 Å². The summed E-state index contributed by atoms with van der Waals surface area (Å²) in [7, 11) is 1.73. The van der Waals surface area contributed by atoms with Gasteiger partial charge in [0.1, 0.15) is 5.82 Å². The molecular formula is C19H18FN3O. The van der Waals surface area contributed by atoms with Gasteiger partial charge in [-0.1, -0.05) is 30.3 Å². The third-order valence-corrected chi connectivity index (χ3v) is 3.92. The Balaban J connectivity index is 1.80. The molecule has 3 rings (SSSR count). The van der Waals surface area contributed by atoms with Crippen molar-refractivity contribution >= 4 is 5.91 Å². The van der Waals surface area contributed by atoms with Gasteiger partial charge in [0.25, 0.3) is 5.91 Å². The van der Waals surface area contributed by atoms with E-state index in [0.717, 1.165) is 16.9 Å². The number of para-hydroxylation sites is 1. The summed E-state index contributed by atoms with van der Waals surface area (Å²) in [5.41, 5.74) is 3.14. The molecule has 0 saturated heterocycles. The summed E-state index contributed by atoms with van der Waals surface area (Å²) in [6.45, 7) is 2.29. The summed E-state index contributed by atoms with van der Waals surface area (Å²) in [4.78, 5) is 14.3. The van der Waals surface area contributed by atoms with Crippen LogP contribution < -0.4 is 0 Å². The average molecular weight is 323 g/mol. The molecule has 4 nitrogen and oxygen atoms in total. The van der Waals surface area contributed by atoms with E-state index in [1.54, 1.807) is 35.0 Å². The summed E-state index contributed by atoms with van der Waals surface area (Å²) in [5.74, 6) is -0.397. The van der Waals surface area contributed by atoms with Crippen LogP contribution in [0, 0.1) is 12.7 Å². The summed E-state index contributed by atoms with van der Waals surface area (Å²) in [6.07, 6.45) is 1.59. The van der Waals surface area contributed by atoms with Crippen molar-refractivity contribution in [1.29, 1.82) is 0 Å². The number of hydrogen-bond acceptors (Lipinski definition) is 2. The predicted octanol–water partition coefficient (Wildman–Crippen LogP) is 3.59. The number of rotatable bonds is 4. The molecule has 0 aliphatic carbocycles. The molecule has 0 aliphatic rings. The maximum Gasteiger partial charge on any atom is 0.257 e. The third-order valence-electron chi connectivity index (χ3n) is 3.92. The number of carbonyl (C=O) groups is 1. The van der Waals surface area contributed by atoms with Crippen LogP contribution in [0.2, 0.25) is 0 Å². The van der Waals surface area contributed by atoms with E-state index in [0.29, 0.717) is 12.1 Å². The summed E-state index contributed by atoms with van der Waals surface area (Å²) < 4.78 is 14.7. The molecule has 0 saturated carbocycles. The predicted molar refractivity (Wildman–Crippen MR) is 90.5 cm³/mol. The van der Waals surface area contributed by atoms with Crippen LogP contribution >= 0.6 is 0 Å². The van der Waals surface area contributed by atoms with Gasteiger partial charge in [-0.25, -0.2) is 9.07 Å². The minimum Gasteiger partial charge on any atom is -0.337 e. The zero-order valence-corrected chi connectivity index (χ0v) is 13.6. The Morgan fingerprint density at radius 1 is 1.12 bits per heavy atom. The van der Waals surface area contributed by atoms with Crippen molar-refractivity contribution < 1.29 is 9.18 Å². The quantitative estimate of drug-likeness (QED) is 0.736. The van der Waals surface area contributed by atoms with E-state index >= 15 is 0 Å². The molecule has 0 aliphatic heterocycles. The highest BCUT2D eigenvalue weighted by atomic mass is 19.1. The molecular weight excluding hydrogens is 305 g/mol. The fourth-order valence-corrected chi connectivity index (χ4v) is 2.59. The minimum absolute atomic E-state index is 0.112. The maximum absolute atomic E-state index is 13.0. The van der Waals surface area contributed by atoms with E-state index in [9.17, 15) is 9.18 Å². The van der Waals surface area contributed by atoms with Gasteiger partial charge in [0.05, 0.1) is 23.1 Å². The Bertz CT molecular complexity index is 841. The summed E-state index contributed by atoms with van der Waals surface area (Å²) in [6, 6.07) is 15.8. The van der Waals surface area contributed by atoms with Gasteiger partial charge in [0.2, 0.25) is 0 Å². The number of aromatic nitrogens is 2. The molecule has 2 aromatic carbocycles. The first-order chi connectivity index (χ1) is 11.6. The van der Waals surface area contributed by atoms with Crippen molar-refractivity contribution in [3.8, 4) is 5.69 Å². The second-order valence-electron chi connectivity index (χ2n) is 5.68. The topological polar surface area (TPSA) is 38.1 Å². The number of carbonyl (C=O) groups excluding carboxylic acids is 1. The van der Waals surface area contributed by atoms with E-state index in [4.69, 9.17) is 0 Å². The lowest BCUT2D eigenvalue weighted by atomic mass is 10.2. The van der Waals surface area contributed by atoms with Crippen molar-refractivity contribution in [3.63, 3.8) is 0 Å². The van der Waals surface area contributed by atoms with Crippen molar-refractivity contribution in [2.45, 2.75) is 13.5 Å². The molecule has 0 N–H and O–H groups in total. The molecule has 122 valence electrons. The van der Waals surface area contributed by atoms with E-state index in [1.165, 1.54) is 12.1 Å². The van der Waals surface area contributed by atoms with Crippen LogP contribution in [-0.4, -0.2) is 27.6 Å². The first kappa shape index (κ1) is 15.9. The highest BCUT2D eigenvalue weighted by Gasteiger charge is 2.18. The van der Waals surface area contributed by atoms with Crippen LogP contribution in [0.5, 0.6) is 0 Å². The van der Waals surface area contributed by atoms with Gasteiger partial charge in [-0.15, -0.1) is 0 Å². The SMILES string of the molecule is Cc1c(C(=O)N(C)Cc2ccc(F)cc2)cnn1-c1ccccc1. The number of hydrogen-bond donors (Lipinski definition) is 0. The van der Waals surface area contributed by atoms with E-state index in [-0.39, 0.29) is 11.7 Å². The standard InChI is InChI=1S/C19H18FN3O/c1-14-18(12-21-23(14)17-6-4-3-5-7-17)19(24)22(2)13-15-8-10-16(20)11-9-15/h3-12H,13H2,1-2H3. The number of amides is 1. The Labute approximate surface area is 140 Å². The Morgan fingerprint density at radius 2 is 1.79 bits per heavy atom. The molecule has 24 heavy (non-hydrogen) atoms. The minimum atomic E-state index is -0.285. The summed E-state index contributed by atoms with van der Waals surface area (Å²) >= 11 is 0. The second-order valence-corrected chi connectivity index (χ2v) is 5.68. The van der Waals surface area contributed by atoms with Gasteiger partial charge < -0.3 is 4.90 Å². The fraction of sp³-hybridized carbons (Fsp3) is 0.158. The largest absolute Gasteiger partial charge is 0.337 e. The van der Waals surface area contributed by atoms with Gasteiger partial charge in [0.15, 0.2) is 0 Å². The Hall–Kier alpha value is -2.95. The number of nitrogens with zero attached hydrogens (tertiary/aromatic N) is 3.